The number of non-ortho nitro benzene ring substituents is 1. The number of anilines is 1. The molecule has 2 aliphatic carbocycles. The smallest absolute Gasteiger partial charge is 0.348 e. The van der Waals surface area contributed by atoms with E-state index in [2.05, 4.69) is 6.92 Å². The summed E-state index contributed by atoms with van der Waals surface area (Å²) in [6, 6.07) is 16.5. The van der Waals surface area contributed by atoms with Crippen molar-refractivity contribution >= 4 is 40.6 Å². The number of nitro benzene ring substituents is 1. The highest BCUT2D eigenvalue weighted by Crippen LogP contribution is 2.42. The molecule has 0 unspecified atom stereocenters. The highest BCUT2D eigenvalue weighted by atomic mass is 32.1. The second kappa shape index (κ2) is 12.9. The molecule has 0 bridgehead atoms. The van der Waals surface area contributed by atoms with Gasteiger partial charge in [0, 0.05) is 29.0 Å². The van der Waals surface area contributed by atoms with Crippen molar-refractivity contribution in [1.29, 1.82) is 0 Å². The second-order valence-electron chi connectivity index (χ2n) is 11.3. The number of hydrogen-bond acceptors (Lipinski definition) is 7. The van der Waals surface area contributed by atoms with Crippen molar-refractivity contribution in [3.63, 3.8) is 0 Å². The van der Waals surface area contributed by atoms with Crippen LogP contribution in [0, 0.1) is 22.0 Å². The van der Waals surface area contributed by atoms with Gasteiger partial charge in [0.25, 0.3) is 5.69 Å². The lowest BCUT2D eigenvalue weighted by molar-refractivity contribution is -0.384. The summed E-state index contributed by atoms with van der Waals surface area (Å²) in [6.07, 6.45) is 5.32. The Morgan fingerprint density at radius 3 is 2.17 bits per heavy atom. The zero-order valence-corrected chi connectivity index (χ0v) is 24.3. The van der Waals surface area contributed by atoms with E-state index in [0.717, 1.165) is 36.1 Å². The summed E-state index contributed by atoms with van der Waals surface area (Å²) in [5.74, 6) is -1.20. The Labute approximate surface area is 248 Å². The number of amides is 1. The van der Waals surface area contributed by atoms with E-state index < -0.39 is 16.9 Å². The number of nitro groups is 1. The Bertz CT molecular complexity index is 1440. The molecule has 2 saturated carbocycles. The van der Waals surface area contributed by atoms with Crippen LogP contribution in [-0.4, -0.2) is 40.0 Å². The van der Waals surface area contributed by atoms with Gasteiger partial charge in [-0.1, -0.05) is 37.3 Å². The molecule has 1 N–H and O–H groups in total. The SMILES string of the molecule is CC1CCC(C(=O)N(c2cc(-c3ccccc3)sc2C(=O)O)C2CCC(OC(=O)c3ccc([N+](=O)[O-])cc3)CC2)CC1. The van der Waals surface area contributed by atoms with Gasteiger partial charge in [0.15, 0.2) is 0 Å². The summed E-state index contributed by atoms with van der Waals surface area (Å²) < 4.78 is 5.72. The molecule has 2 aliphatic rings. The molecule has 1 heterocycles. The van der Waals surface area contributed by atoms with E-state index in [9.17, 15) is 29.6 Å². The lowest BCUT2D eigenvalue weighted by Crippen LogP contribution is -2.47. The topological polar surface area (TPSA) is 127 Å². The number of carbonyl (C=O) groups excluding carboxylic acids is 2. The summed E-state index contributed by atoms with van der Waals surface area (Å²) in [5, 5.41) is 21.1. The fraction of sp³-hybridized carbons (Fsp3) is 0.406. The fourth-order valence-electron chi connectivity index (χ4n) is 6.02. The zero-order valence-electron chi connectivity index (χ0n) is 23.4. The number of carboxylic acid groups (broad SMARTS) is 1. The first-order valence-corrected chi connectivity index (χ1v) is 15.2. The minimum Gasteiger partial charge on any atom is -0.477 e. The van der Waals surface area contributed by atoms with E-state index in [0.29, 0.717) is 37.3 Å². The van der Waals surface area contributed by atoms with E-state index in [1.54, 1.807) is 4.90 Å². The van der Waals surface area contributed by atoms with Crippen molar-refractivity contribution in [3.8, 4) is 10.4 Å². The number of hydrogen-bond donors (Lipinski definition) is 1. The lowest BCUT2D eigenvalue weighted by atomic mass is 9.81. The van der Waals surface area contributed by atoms with Gasteiger partial charge in [-0.2, -0.15) is 0 Å². The first-order valence-electron chi connectivity index (χ1n) is 14.4. The molecule has 9 nitrogen and oxygen atoms in total. The second-order valence-corrected chi connectivity index (χ2v) is 12.4. The molecule has 5 rings (SSSR count). The summed E-state index contributed by atoms with van der Waals surface area (Å²) >= 11 is 1.18. The molecule has 42 heavy (non-hydrogen) atoms. The Morgan fingerprint density at radius 2 is 1.57 bits per heavy atom. The molecule has 1 amide bonds. The van der Waals surface area contributed by atoms with Crippen molar-refractivity contribution < 1.29 is 29.2 Å². The third-order valence-corrected chi connectivity index (χ3v) is 9.58. The Hall–Kier alpha value is -4.05. The highest BCUT2D eigenvalue weighted by molar-refractivity contribution is 7.18. The minimum absolute atomic E-state index is 0.0202. The van der Waals surface area contributed by atoms with E-state index in [1.807, 2.05) is 36.4 Å². The van der Waals surface area contributed by atoms with Crippen molar-refractivity contribution in [1.82, 2.24) is 0 Å². The van der Waals surface area contributed by atoms with Gasteiger partial charge in [-0.3, -0.25) is 14.9 Å². The molecule has 0 saturated heterocycles. The van der Waals surface area contributed by atoms with Crippen molar-refractivity contribution in [2.45, 2.75) is 70.4 Å². The zero-order chi connectivity index (χ0) is 29.8. The third-order valence-electron chi connectivity index (χ3n) is 8.42. The number of carbonyl (C=O) groups is 3. The Kier molecular flexibility index (Phi) is 9.01. The first-order chi connectivity index (χ1) is 20.2. The molecule has 2 fully saturated rings. The molecule has 220 valence electrons. The van der Waals surface area contributed by atoms with Crippen LogP contribution >= 0.6 is 11.3 Å². The normalized spacial score (nSPS) is 22.2. The summed E-state index contributed by atoms with van der Waals surface area (Å²) in [5.41, 5.74) is 1.48. The number of benzene rings is 2. The minimum atomic E-state index is -1.06. The fourth-order valence-corrected chi connectivity index (χ4v) is 7.01. The molecule has 3 aromatic rings. The van der Waals surface area contributed by atoms with Crippen LogP contribution < -0.4 is 4.90 Å². The van der Waals surface area contributed by atoms with E-state index in [-0.39, 0.29) is 40.1 Å². The number of carboxylic acids is 1. The summed E-state index contributed by atoms with van der Waals surface area (Å²) in [4.78, 5) is 52.4. The van der Waals surface area contributed by atoms with Gasteiger partial charge >= 0.3 is 11.9 Å². The van der Waals surface area contributed by atoms with E-state index in [4.69, 9.17) is 4.74 Å². The van der Waals surface area contributed by atoms with Gasteiger partial charge in [0.2, 0.25) is 5.91 Å². The van der Waals surface area contributed by atoms with E-state index >= 15 is 0 Å². The third kappa shape index (κ3) is 6.54. The number of rotatable bonds is 8. The average molecular weight is 591 g/mol. The number of thiophene rings is 1. The maximum Gasteiger partial charge on any atom is 0.348 e. The molecular weight excluding hydrogens is 556 g/mol. The van der Waals surface area contributed by atoms with Gasteiger partial charge in [-0.05, 0) is 81.0 Å². The van der Waals surface area contributed by atoms with Crippen LogP contribution in [0.3, 0.4) is 0 Å². The van der Waals surface area contributed by atoms with Gasteiger partial charge in [0.05, 0.1) is 16.2 Å². The monoisotopic (exact) mass is 590 g/mol. The molecule has 2 aromatic carbocycles. The number of nitrogens with zero attached hydrogens (tertiary/aromatic N) is 2. The Balaban J connectivity index is 1.36. The number of ether oxygens (including phenoxy) is 1. The van der Waals surface area contributed by atoms with Gasteiger partial charge < -0.3 is 14.7 Å². The first kappa shape index (κ1) is 29.4. The van der Waals surface area contributed by atoms with Gasteiger partial charge in [-0.15, -0.1) is 11.3 Å². The van der Waals surface area contributed by atoms with Crippen LogP contribution in [0.2, 0.25) is 0 Å². The summed E-state index contributed by atoms with van der Waals surface area (Å²) in [6.45, 7) is 2.20. The Morgan fingerprint density at radius 1 is 0.929 bits per heavy atom. The van der Waals surface area contributed by atoms with Gasteiger partial charge in [-0.25, -0.2) is 9.59 Å². The average Bonchev–Trinajstić information content (AvgIpc) is 3.44. The van der Waals surface area contributed by atoms with Crippen LogP contribution in [0.5, 0.6) is 0 Å². The van der Waals surface area contributed by atoms with Crippen molar-refractivity contribution in [2.75, 3.05) is 4.90 Å². The van der Waals surface area contributed by atoms with Crippen molar-refractivity contribution in [3.05, 3.63) is 81.2 Å². The van der Waals surface area contributed by atoms with Crippen LogP contribution in [0.4, 0.5) is 11.4 Å². The quantitative estimate of drug-likeness (QED) is 0.165. The number of esters is 1. The molecule has 0 aliphatic heterocycles. The predicted molar refractivity (Wildman–Crippen MR) is 160 cm³/mol. The van der Waals surface area contributed by atoms with Crippen LogP contribution in [0.25, 0.3) is 10.4 Å². The highest BCUT2D eigenvalue weighted by Gasteiger charge is 2.38. The molecule has 1 aromatic heterocycles. The lowest BCUT2D eigenvalue weighted by Gasteiger charge is -2.39. The van der Waals surface area contributed by atoms with Crippen LogP contribution in [0.1, 0.15) is 78.3 Å². The maximum atomic E-state index is 14.1. The molecule has 0 atom stereocenters. The summed E-state index contributed by atoms with van der Waals surface area (Å²) in [7, 11) is 0. The molecule has 10 heteroatoms. The van der Waals surface area contributed by atoms with Crippen molar-refractivity contribution in [2.24, 2.45) is 11.8 Å². The maximum absolute atomic E-state index is 14.1. The number of aromatic carboxylic acids is 1. The molecule has 0 radical (unpaired) electrons. The van der Waals surface area contributed by atoms with Crippen LogP contribution in [-0.2, 0) is 9.53 Å². The van der Waals surface area contributed by atoms with Gasteiger partial charge in [0.1, 0.15) is 11.0 Å². The predicted octanol–water partition coefficient (Wildman–Crippen LogP) is 7.35. The largest absolute Gasteiger partial charge is 0.477 e. The molecular formula is C32H34N2O7S. The van der Waals surface area contributed by atoms with E-state index in [1.165, 1.54) is 35.6 Å². The van der Waals surface area contributed by atoms with Crippen LogP contribution in [0.15, 0.2) is 60.7 Å². The molecule has 0 spiro atoms. The standard InChI is InChI=1S/C32H34N2O7S/c1-20-7-9-22(10-8-20)30(35)33(27-19-28(42-29(27)31(36)37)21-5-3-2-4-6-21)24-15-17-26(18-16-24)41-32(38)23-11-13-25(14-12-23)34(39)40/h2-6,11-14,19-20,22,24,26H,7-10,15-18H2,1H3,(H,36,37).